The molecule has 2 aromatic carbocycles. The average Bonchev–Trinajstić information content (AvgIpc) is 3.30. The lowest BCUT2D eigenvalue weighted by molar-refractivity contribution is -0.126. The summed E-state index contributed by atoms with van der Waals surface area (Å²) in [4.78, 5) is 37.9. The molecule has 3 aliphatic rings. The van der Waals surface area contributed by atoms with Gasteiger partial charge in [-0.3, -0.25) is 19.4 Å². The molecule has 1 aliphatic carbocycles. The molecule has 5 rings (SSSR count). The predicted molar refractivity (Wildman–Crippen MR) is 173 cm³/mol. The molecule has 0 bridgehead atoms. The smallest absolute Gasteiger partial charge is 0.278 e. The Hall–Kier alpha value is -3.07. The third-order valence-electron chi connectivity index (χ3n) is 8.91. The van der Waals surface area contributed by atoms with Crippen molar-refractivity contribution < 1.29 is 14.7 Å². The Kier molecular flexibility index (Phi) is 9.69. The lowest BCUT2D eigenvalue weighted by Gasteiger charge is -2.37. The average molecular weight is 588 g/mol. The van der Waals surface area contributed by atoms with E-state index in [1.165, 1.54) is 11.1 Å². The van der Waals surface area contributed by atoms with Crippen LogP contribution in [0.15, 0.2) is 47.5 Å². The number of amides is 2. The molecular formula is C35H49N5O3. The number of carbonyl (C=O) groups excluding carboxylic acids is 2. The van der Waals surface area contributed by atoms with Crippen LogP contribution in [0.5, 0.6) is 0 Å². The minimum absolute atomic E-state index is 0.0386. The minimum Gasteiger partial charge on any atom is -0.389 e. The van der Waals surface area contributed by atoms with E-state index in [1.54, 1.807) is 0 Å². The lowest BCUT2D eigenvalue weighted by Crippen LogP contribution is -2.50. The number of hydrogen-bond acceptors (Lipinski definition) is 5. The molecule has 1 saturated heterocycles. The van der Waals surface area contributed by atoms with Gasteiger partial charge in [0.05, 0.1) is 5.60 Å². The van der Waals surface area contributed by atoms with Crippen molar-refractivity contribution in [3.8, 4) is 0 Å². The van der Waals surface area contributed by atoms with Crippen molar-refractivity contribution in [2.45, 2.75) is 91.0 Å². The maximum absolute atomic E-state index is 13.3. The third kappa shape index (κ3) is 8.11. The molecule has 1 saturated carbocycles. The van der Waals surface area contributed by atoms with E-state index in [1.807, 2.05) is 58.9 Å². The molecule has 232 valence electrons. The van der Waals surface area contributed by atoms with E-state index in [9.17, 15) is 14.7 Å². The van der Waals surface area contributed by atoms with E-state index in [2.05, 4.69) is 38.2 Å². The summed E-state index contributed by atoms with van der Waals surface area (Å²) in [6.45, 7) is 15.2. The molecule has 8 heteroatoms. The van der Waals surface area contributed by atoms with Gasteiger partial charge in [-0.05, 0) is 89.6 Å². The van der Waals surface area contributed by atoms with Crippen LogP contribution in [0.3, 0.4) is 0 Å². The van der Waals surface area contributed by atoms with E-state index < -0.39 is 5.60 Å². The van der Waals surface area contributed by atoms with Crippen LogP contribution in [0.1, 0.15) is 80.4 Å². The quantitative estimate of drug-likeness (QED) is 0.471. The fraction of sp³-hybridized carbons (Fsp3) is 0.571. The van der Waals surface area contributed by atoms with Gasteiger partial charge in [0.1, 0.15) is 5.84 Å². The molecule has 2 amide bonds. The van der Waals surface area contributed by atoms with E-state index in [4.69, 9.17) is 4.99 Å². The van der Waals surface area contributed by atoms with E-state index in [0.717, 1.165) is 75.5 Å². The Bertz CT molecular complexity index is 1310. The summed E-state index contributed by atoms with van der Waals surface area (Å²) in [6, 6.07) is 14.7. The monoisotopic (exact) mass is 587 g/mol. The number of piperazine rings is 1. The van der Waals surface area contributed by atoms with Crippen LogP contribution in [0.2, 0.25) is 0 Å². The zero-order chi connectivity index (χ0) is 30.7. The number of carbonyl (C=O) groups is 2. The first-order valence-electron chi connectivity index (χ1n) is 16.0. The number of fused-ring (bicyclic) bond motifs is 1. The van der Waals surface area contributed by atoms with Gasteiger partial charge >= 0.3 is 0 Å². The number of aliphatic imine (C=N–C) groups is 1. The Labute approximate surface area is 257 Å². The van der Waals surface area contributed by atoms with Crippen molar-refractivity contribution in [3.63, 3.8) is 0 Å². The van der Waals surface area contributed by atoms with Crippen molar-refractivity contribution in [1.29, 1.82) is 0 Å². The van der Waals surface area contributed by atoms with Crippen molar-refractivity contribution >= 4 is 23.3 Å². The zero-order valence-corrected chi connectivity index (χ0v) is 26.6. The van der Waals surface area contributed by atoms with Gasteiger partial charge in [0.25, 0.3) is 5.91 Å². The third-order valence-corrected chi connectivity index (χ3v) is 8.91. The maximum atomic E-state index is 13.3. The van der Waals surface area contributed by atoms with Crippen molar-refractivity contribution in [2.24, 2.45) is 10.9 Å². The fourth-order valence-electron chi connectivity index (χ4n) is 6.76. The van der Waals surface area contributed by atoms with Crippen LogP contribution in [0.4, 0.5) is 5.69 Å². The van der Waals surface area contributed by atoms with Crippen LogP contribution in [0, 0.1) is 12.8 Å². The Balaban J connectivity index is 1.34. The number of nitrogens with zero attached hydrogens (tertiary/aromatic N) is 4. The predicted octanol–water partition coefficient (Wildman–Crippen LogP) is 4.57. The summed E-state index contributed by atoms with van der Waals surface area (Å²) in [5, 5.41) is 13.3. The molecule has 2 fully saturated rings. The molecule has 2 aliphatic heterocycles. The first-order chi connectivity index (χ1) is 20.4. The molecule has 2 heterocycles. The summed E-state index contributed by atoms with van der Waals surface area (Å²) >= 11 is 0. The highest BCUT2D eigenvalue weighted by Gasteiger charge is 2.36. The van der Waals surface area contributed by atoms with Crippen molar-refractivity contribution in [2.75, 3.05) is 37.6 Å². The molecule has 0 spiro atoms. The summed E-state index contributed by atoms with van der Waals surface area (Å²) in [7, 11) is 0. The molecule has 43 heavy (non-hydrogen) atoms. The number of nitrogens with one attached hydrogen (secondary N) is 1. The van der Waals surface area contributed by atoms with E-state index in [0.29, 0.717) is 18.5 Å². The number of aliphatic hydroxyl groups is 1. The van der Waals surface area contributed by atoms with Gasteiger partial charge in [0.2, 0.25) is 5.91 Å². The second kappa shape index (κ2) is 13.3. The second-order valence-corrected chi connectivity index (χ2v) is 13.7. The number of benzene rings is 2. The van der Waals surface area contributed by atoms with Gasteiger partial charge in [0, 0.05) is 74.9 Å². The van der Waals surface area contributed by atoms with Crippen molar-refractivity contribution in [1.82, 2.24) is 15.1 Å². The van der Waals surface area contributed by atoms with Crippen LogP contribution in [0.25, 0.3) is 0 Å². The van der Waals surface area contributed by atoms with Gasteiger partial charge < -0.3 is 15.3 Å². The first-order valence-corrected chi connectivity index (χ1v) is 16.0. The van der Waals surface area contributed by atoms with Crippen LogP contribution < -0.4 is 10.2 Å². The number of β-amino-alcohol motifs (C(OH)–C–C–N with tert-alkyl or cyclic N) is 1. The number of hydrogen-bond donors (Lipinski definition) is 2. The lowest BCUT2D eigenvalue weighted by atomic mass is 9.84. The molecule has 2 aromatic rings. The maximum Gasteiger partial charge on any atom is 0.278 e. The number of aryl methyl sites for hydroxylation is 1. The van der Waals surface area contributed by atoms with Crippen molar-refractivity contribution in [3.05, 3.63) is 64.7 Å². The topological polar surface area (TPSA) is 88.5 Å². The molecule has 8 nitrogen and oxygen atoms in total. The summed E-state index contributed by atoms with van der Waals surface area (Å²) < 4.78 is 0. The summed E-state index contributed by atoms with van der Waals surface area (Å²) in [6.07, 6.45) is 4.09. The van der Waals surface area contributed by atoms with Crippen LogP contribution in [-0.4, -0.2) is 83.0 Å². The van der Waals surface area contributed by atoms with Gasteiger partial charge in [-0.2, -0.15) is 4.99 Å². The minimum atomic E-state index is -0.678. The van der Waals surface area contributed by atoms with Gasteiger partial charge in [0.15, 0.2) is 0 Å². The van der Waals surface area contributed by atoms with Crippen LogP contribution in [-0.2, 0) is 17.8 Å². The Morgan fingerprint density at radius 3 is 2.26 bits per heavy atom. The van der Waals surface area contributed by atoms with Gasteiger partial charge in [-0.25, -0.2) is 0 Å². The highest BCUT2D eigenvalue weighted by Crippen LogP contribution is 2.38. The molecular weight excluding hydrogens is 538 g/mol. The summed E-state index contributed by atoms with van der Waals surface area (Å²) in [5.41, 5.74) is 4.66. The van der Waals surface area contributed by atoms with E-state index >= 15 is 0 Å². The summed E-state index contributed by atoms with van der Waals surface area (Å²) in [5.74, 6) is 0.801. The first kappa shape index (κ1) is 31.4. The second-order valence-electron chi connectivity index (χ2n) is 13.7. The largest absolute Gasteiger partial charge is 0.389 e. The molecule has 0 atom stereocenters. The number of amidine groups is 1. The van der Waals surface area contributed by atoms with E-state index in [-0.39, 0.29) is 29.8 Å². The number of rotatable bonds is 8. The molecule has 0 aromatic heterocycles. The normalized spacial score (nSPS) is 22.7. The Morgan fingerprint density at radius 2 is 1.63 bits per heavy atom. The van der Waals surface area contributed by atoms with Gasteiger partial charge in [-0.1, -0.05) is 29.8 Å². The fourth-order valence-corrected chi connectivity index (χ4v) is 6.76. The zero-order valence-electron chi connectivity index (χ0n) is 26.6. The standard InChI is InChI=1S/C35H49N5O3/c1-24(2)36-33(41)28-12-14-30(15-13-28)40-31-20-26(22-38-16-18-39(19-17-38)23-35(4,5)43)8-11-29(31)21-32(40)37-34(42)27-9-6-25(3)7-10-27/h6-11,20,24,28,30,43H,12-19,21-23H2,1-5H3,(H,36,41). The van der Waals surface area contributed by atoms with Gasteiger partial charge in [-0.15, -0.1) is 0 Å². The highest BCUT2D eigenvalue weighted by molar-refractivity contribution is 6.12. The highest BCUT2D eigenvalue weighted by atomic mass is 16.3. The molecule has 0 radical (unpaired) electrons. The number of anilines is 1. The Morgan fingerprint density at radius 1 is 0.977 bits per heavy atom. The molecule has 0 unspecified atom stereocenters. The SMILES string of the molecule is Cc1ccc(C(=O)N=C2Cc3ccc(CN4CCN(CC(C)(C)O)CC4)cc3N2C2CCC(C(=O)NC(C)C)CC2)cc1. The molecule has 2 N–H and O–H groups in total. The van der Waals surface area contributed by atoms with Crippen LogP contribution >= 0.6 is 0 Å².